The molecule has 0 aliphatic heterocycles. The van der Waals surface area contributed by atoms with Gasteiger partial charge in [-0.2, -0.15) is 0 Å². The van der Waals surface area contributed by atoms with E-state index in [9.17, 15) is 4.79 Å². The molecule has 0 amide bonds. The van der Waals surface area contributed by atoms with Crippen molar-refractivity contribution >= 4 is 5.97 Å². The maximum Gasteiger partial charge on any atom is 0.309 e. The molecule has 0 bridgehead atoms. The van der Waals surface area contributed by atoms with Crippen LogP contribution >= 0.6 is 0 Å². The van der Waals surface area contributed by atoms with Crippen LogP contribution in [0.5, 0.6) is 0 Å². The fourth-order valence-electron chi connectivity index (χ4n) is 2.58. The van der Waals surface area contributed by atoms with Crippen molar-refractivity contribution in [3.63, 3.8) is 0 Å². The summed E-state index contributed by atoms with van der Waals surface area (Å²) in [6, 6.07) is 8.46. The van der Waals surface area contributed by atoms with Crippen molar-refractivity contribution in [2.45, 2.75) is 44.4 Å². The normalized spacial score (nSPS) is 16.8. The summed E-state index contributed by atoms with van der Waals surface area (Å²) in [5.41, 5.74) is 2.47. The van der Waals surface area contributed by atoms with Crippen LogP contribution < -0.4 is 0 Å². The van der Waals surface area contributed by atoms with Crippen molar-refractivity contribution in [2.24, 2.45) is 0 Å². The predicted molar refractivity (Wildman–Crippen MR) is 68.0 cm³/mol. The van der Waals surface area contributed by atoms with Gasteiger partial charge in [0.1, 0.15) is 0 Å². The summed E-state index contributed by atoms with van der Waals surface area (Å²) in [5, 5.41) is 0. The molecule has 0 spiro atoms. The van der Waals surface area contributed by atoms with E-state index >= 15 is 0 Å². The van der Waals surface area contributed by atoms with Crippen LogP contribution in [0.1, 0.15) is 49.1 Å². The van der Waals surface area contributed by atoms with Gasteiger partial charge in [0.25, 0.3) is 0 Å². The first-order valence-electron chi connectivity index (χ1n) is 6.45. The Bertz CT molecular complexity index is 361. The fourth-order valence-corrected chi connectivity index (χ4v) is 2.58. The van der Waals surface area contributed by atoms with Crippen molar-refractivity contribution in [3.8, 4) is 0 Å². The maximum absolute atomic E-state index is 11.1. The van der Waals surface area contributed by atoms with E-state index in [1.54, 1.807) is 0 Å². The Hall–Kier alpha value is -1.31. The van der Waals surface area contributed by atoms with Gasteiger partial charge in [-0.1, -0.05) is 43.5 Å². The minimum absolute atomic E-state index is 0.171. The van der Waals surface area contributed by atoms with Crippen LogP contribution in [0, 0.1) is 0 Å². The topological polar surface area (TPSA) is 26.3 Å². The Labute approximate surface area is 103 Å². The zero-order valence-electron chi connectivity index (χ0n) is 10.4. The summed E-state index contributed by atoms with van der Waals surface area (Å²) in [6.07, 6.45) is 7.11. The number of esters is 1. The number of ether oxygens (including phenoxy) is 1. The first-order valence-corrected chi connectivity index (χ1v) is 6.45. The van der Waals surface area contributed by atoms with Crippen molar-refractivity contribution in [1.29, 1.82) is 0 Å². The number of carbonyl (C=O) groups is 1. The second kappa shape index (κ2) is 5.85. The first kappa shape index (κ1) is 12.2. The van der Waals surface area contributed by atoms with Gasteiger partial charge in [0.15, 0.2) is 0 Å². The molecule has 1 aliphatic rings. The monoisotopic (exact) mass is 232 g/mol. The van der Waals surface area contributed by atoms with E-state index in [1.807, 2.05) is 0 Å². The molecule has 0 unspecified atom stereocenters. The van der Waals surface area contributed by atoms with E-state index in [1.165, 1.54) is 44.8 Å². The summed E-state index contributed by atoms with van der Waals surface area (Å²) in [6.45, 7) is 0. The van der Waals surface area contributed by atoms with Gasteiger partial charge in [-0.15, -0.1) is 0 Å². The Morgan fingerprint density at radius 3 is 2.41 bits per heavy atom. The highest BCUT2D eigenvalue weighted by Crippen LogP contribution is 2.32. The van der Waals surface area contributed by atoms with E-state index in [0.29, 0.717) is 6.42 Å². The lowest BCUT2D eigenvalue weighted by Crippen LogP contribution is -2.06. The second-order valence-corrected chi connectivity index (χ2v) is 4.83. The predicted octanol–water partition coefficient (Wildman–Crippen LogP) is 3.45. The Morgan fingerprint density at radius 1 is 1.18 bits per heavy atom. The Balaban J connectivity index is 1.99. The third-order valence-electron chi connectivity index (χ3n) is 3.63. The third-order valence-corrected chi connectivity index (χ3v) is 3.63. The standard InChI is InChI=1S/C15H20O2/c1-17-15(16)11-12-7-9-14(10-8-12)13-5-3-2-4-6-13/h7-10,13H,2-6,11H2,1H3. The number of carbonyl (C=O) groups excluding carboxylic acids is 1. The van der Waals surface area contributed by atoms with Crippen LogP contribution in [0.15, 0.2) is 24.3 Å². The number of hydrogen-bond donors (Lipinski definition) is 0. The lowest BCUT2D eigenvalue weighted by Gasteiger charge is -2.22. The zero-order chi connectivity index (χ0) is 12.1. The molecular weight excluding hydrogens is 212 g/mol. The quantitative estimate of drug-likeness (QED) is 0.746. The summed E-state index contributed by atoms with van der Waals surface area (Å²) in [5.74, 6) is 0.561. The van der Waals surface area contributed by atoms with E-state index in [2.05, 4.69) is 29.0 Å². The second-order valence-electron chi connectivity index (χ2n) is 4.83. The van der Waals surface area contributed by atoms with Gasteiger partial charge < -0.3 is 4.74 Å². The zero-order valence-corrected chi connectivity index (χ0v) is 10.4. The molecular formula is C15H20O2. The molecule has 1 aromatic rings. The first-order chi connectivity index (χ1) is 8.29. The van der Waals surface area contributed by atoms with Gasteiger partial charge in [0.2, 0.25) is 0 Å². The van der Waals surface area contributed by atoms with Crippen LogP contribution in [0.25, 0.3) is 0 Å². The molecule has 1 fully saturated rings. The molecule has 17 heavy (non-hydrogen) atoms. The van der Waals surface area contributed by atoms with Gasteiger partial charge in [-0.25, -0.2) is 0 Å². The smallest absolute Gasteiger partial charge is 0.309 e. The molecule has 2 heteroatoms. The summed E-state index contributed by atoms with van der Waals surface area (Å²) in [4.78, 5) is 11.1. The molecule has 0 N–H and O–H groups in total. The van der Waals surface area contributed by atoms with Crippen molar-refractivity contribution < 1.29 is 9.53 Å². The summed E-state index contributed by atoms with van der Waals surface area (Å²) < 4.78 is 4.66. The van der Waals surface area contributed by atoms with Crippen LogP contribution in [-0.4, -0.2) is 13.1 Å². The van der Waals surface area contributed by atoms with Gasteiger partial charge in [0.05, 0.1) is 13.5 Å². The molecule has 1 aliphatic carbocycles. The average Bonchev–Trinajstić information content (AvgIpc) is 2.40. The molecule has 2 nitrogen and oxygen atoms in total. The van der Waals surface area contributed by atoms with Crippen LogP contribution in [0.3, 0.4) is 0 Å². The van der Waals surface area contributed by atoms with Crippen molar-refractivity contribution in [2.75, 3.05) is 7.11 Å². The number of benzene rings is 1. The lowest BCUT2D eigenvalue weighted by atomic mass is 9.84. The molecule has 92 valence electrons. The Kier molecular flexibility index (Phi) is 4.18. The fraction of sp³-hybridized carbons (Fsp3) is 0.533. The largest absolute Gasteiger partial charge is 0.469 e. The van der Waals surface area contributed by atoms with Crippen LogP contribution in [0.2, 0.25) is 0 Å². The number of methoxy groups -OCH3 is 1. The highest BCUT2D eigenvalue weighted by Gasteiger charge is 2.15. The van der Waals surface area contributed by atoms with Gasteiger partial charge in [-0.3, -0.25) is 4.79 Å². The maximum atomic E-state index is 11.1. The van der Waals surface area contributed by atoms with E-state index < -0.39 is 0 Å². The molecule has 1 aromatic carbocycles. The van der Waals surface area contributed by atoms with Gasteiger partial charge in [-0.05, 0) is 29.9 Å². The van der Waals surface area contributed by atoms with Crippen LogP contribution in [-0.2, 0) is 16.0 Å². The molecule has 0 radical (unpaired) electrons. The Morgan fingerprint density at radius 2 is 1.82 bits per heavy atom. The highest BCUT2D eigenvalue weighted by atomic mass is 16.5. The molecule has 0 aromatic heterocycles. The van der Waals surface area contributed by atoms with Gasteiger partial charge >= 0.3 is 5.97 Å². The number of hydrogen-bond acceptors (Lipinski definition) is 2. The molecule has 2 rings (SSSR count). The minimum Gasteiger partial charge on any atom is -0.469 e. The molecule has 0 atom stereocenters. The van der Waals surface area contributed by atoms with Crippen molar-refractivity contribution in [1.82, 2.24) is 0 Å². The third kappa shape index (κ3) is 3.32. The highest BCUT2D eigenvalue weighted by molar-refractivity contribution is 5.72. The van der Waals surface area contributed by atoms with E-state index in [-0.39, 0.29) is 5.97 Å². The van der Waals surface area contributed by atoms with E-state index in [0.717, 1.165) is 11.5 Å². The summed E-state index contributed by atoms with van der Waals surface area (Å²) in [7, 11) is 1.43. The summed E-state index contributed by atoms with van der Waals surface area (Å²) >= 11 is 0. The molecule has 0 saturated heterocycles. The van der Waals surface area contributed by atoms with Crippen molar-refractivity contribution in [3.05, 3.63) is 35.4 Å². The average molecular weight is 232 g/mol. The van der Waals surface area contributed by atoms with Gasteiger partial charge in [0, 0.05) is 0 Å². The lowest BCUT2D eigenvalue weighted by molar-refractivity contribution is -0.139. The SMILES string of the molecule is COC(=O)Cc1ccc(C2CCCCC2)cc1. The number of rotatable bonds is 3. The minimum atomic E-state index is -0.171. The molecule has 0 heterocycles. The molecule has 1 saturated carbocycles. The van der Waals surface area contributed by atoms with Crippen LogP contribution in [0.4, 0.5) is 0 Å². The van der Waals surface area contributed by atoms with E-state index in [4.69, 9.17) is 0 Å².